The van der Waals surface area contributed by atoms with Crippen LogP contribution in [0.2, 0.25) is 0 Å². The van der Waals surface area contributed by atoms with Crippen molar-refractivity contribution in [2.75, 3.05) is 13.1 Å². The zero-order valence-electron chi connectivity index (χ0n) is 16.2. The second-order valence-corrected chi connectivity index (χ2v) is 7.28. The molecule has 0 saturated carbocycles. The molecule has 6 heteroatoms. The van der Waals surface area contributed by atoms with Crippen LogP contribution in [0.25, 0.3) is 11.0 Å². The van der Waals surface area contributed by atoms with E-state index in [1.54, 1.807) is 18.2 Å². The molecule has 3 aromatic rings. The zero-order chi connectivity index (χ0) is 20.4. The van der Waals surface area contributed by atoms with Crippen LogP contribution in [0.1, 0.15) is 28.8 Å². The van der Waals surface area contributed by atoms with Crippen LogP contribution in [0.3, 0.4) is 0 Å². The molecule has 0 radical (unpaired) electrons. The number of para-hydroxylation sites is 2. The molecule has 1 aliphatic rings. The number of likely N-dealkylation sites (tertiary alicyclic amines) is 1. The number of benzene rings is 2. The number of amides is 1. The van der Waals surface area contributed by atoms with E-state index in [2.05, 4.69) is 6.58 Å². The minimum absolute atomic E-state index is 0.0451. The fourth-order valence-electron chi connectivity index (χ4n) is 3.88. The molecule has 1 fully saturated rings. The minimum Gasteiger partial charge on any atom is -0.339 e. The fourth-order valence-corrected chi connectivity index (χ4v) is 3.88. The Kier molecular flexibility index (Phi) is 5.16. The van der Waals surface area contributed by atoms with Gasteiger partial charge in [-0.1, -0.05) is 30.3 Å². The lowest BCUT2D eigenvalue weighted by atomic mass is 10.1. The quantitative estimate of drug-likeness (QED) is 0.498. The van der Waals surface area contributed by atoms with Crippen molar-refractivity contribution in [3.8, 4) is 0 Å². The molecule has 6 nitrogen and oxygen atoms in total. The first kappa shape index (κ1) is 18.9. The summed E-state index contributed by atoms with van der Waals surface area (Å²) >= 11 is 0. The standard InChI is InChI=1S/C23H23N3O3/c1-2-13-25-19-7-3-4-8-20(19)26(23(29)22(25)28)16-17-9-11-18(12-10-17)21(27)24-14-5-6-15-24/h2-4,7-12H,1,5-6,13-16H2. The Labute approximate surface area is 168 Å². The predicted molar refractivity (Wildman–Crippen MR) is 113 cm³/mol. The number of carbonyl (C=O) groups is 1. The lowest BCUT2D eigenvalue weighted by Gasteiger charge is -2.16. The molecule has 2 aromatic carbocycles. The van der Waals surface area contributed by atoms with E-state index in [-0.39, 0.29) is 19.0 Å². The number of aromatic nitrogens is 2. The molecule has 1 aliphatic heterocycles. The summed E-state index contributed by atoms with van der Waals surface area (Å²) < 4.78 is 2.94. The molecule has 0 spiro atoms. The van der Waals surface area contributed by atoms with Crippen LogP contribution in [-0.2, 0) is 13.1 Å². The number of hydrogen-bond donors (Lipinski definition) is 0. The maximum atomic E-state index is 12.8. The molecule has 1 amide bonds. The first-order valence-corrected chi connectivity index (χ1v) is 9.81. The molecule has 0 N–H and O–H groups in total. The molecule has 2 heterocycles. The highest BCUT2D eigenvalue weighted by Gasteiger charge is 2.19. The van der Waals surface area contributed by atoms with Crippen molar-refractivity contribution >= 4 is 16.9 Å². The van der Waals surface area contributed by atoms with Crippen molar-refractivity contribution < 1.29 is 4.79 Å². The van der Waals surface area contributed by atoms with Crippen LogP contribution in [0.15, 0.2) is 70.8 Å². The molecule has 148 valence electrons. The van der Waals surface area contributed by atoms with E-state index in [0.29, 0.717) is 16.6 Å². The smallest absolute Gasteiger partial charge is 0.317 e. The highest BCUT2D eigenvalue weighted by molar-refractivity contribution is 5.94. The third-order valence-corrected chi connectivity index (χ3v) is 5.38. The van der Waals surface area contributed by atoms with Gasteiger partial charge in [-0.3, -0.25) is 23.5 Å². The van der Waals surface area contributed by atoms with Crippen LogP contribution >= 0.6 is 0 Å². The Balaban J connectivity index is 1.69. The second kappa shape index (κ2) is 7.91. The normalized spacial score (nSPS) is 13.7. The van der Waals surface area contributed by atoms with Crippen LogP contribution in [0, 0.1) is 0 Å². The Hall–Kier alpha value is -3.41. The topological polar surface area (TPSA) is 64.3 Å². The van der Waals surface area contributed by atoms with Gasteiger partial charge < -0.3 is 4.90 Å². The van der Waals surface area contributed by atoms with E-state index in [1.807, 2.05) is 41.3 Å². The third-order valence-electron chi connectivity index (χ3n) is 5.38. The number of nitrogens with zero attached hydrogens (tertiary/aromatic N) is 3. The molecule has 0 bridgehead atoms. The fraction of sp³-hybridized carbons (Fsp3) is 0.261. The van der Waals surface area contributed by atoms with Gasteiger partial charge in [0.25, 0.3) is 5.91 Å². The minimum atomic E-state index is -0.567. The summed E-state index contributed by atoms with van der Waals surface area (Å²) in [5.74, 6) is 0.0451. The largest absolute Gasteiger partial charge is 0.339 e. The maximum absolute atomic E-state index is 12.8. The highest BCUT2D eigenvalue weighted by Crippen LogP contribution is 2.16. The number of carbonyl (C=O) groups excluding carboxylic acids is 1. The Morgan fingerprint density at radius 3 is 2.10 bits per heavy atom. The van der Waals surface area contributed by atoms with Crippen LogP contribution in [-0.4, -0.2) is 33.0 Å². The summed E-state index contributed by atoms with van der Waals surface area (Å²) in [5, 5.41) is 0. The summed E-state index contributed by atoms with van der Waals surface area (Å²) in [5.41, 5.74) is 1.76. The Morgan fingerprint density at radius 2 is 1.48 bits per heavy atom. The average molecular weight is 389 g/mol. The van der Waals surface area contributed by atoms with Crippen LogP contribution < -0.4 is 11.1 Å². The van der Waals surface area contributed by atoms with Gasteiger partial charge in [0, 0.05) is 25.2 Å². The highest BCUT2D eigenvalue weighted by atomic mass is 16.2. The molecule has 4 rings (SSSR count). The lowest BCUT2D eigenvalue weighted by molar-refractivity contribution is 0.0793. The molecule has 29 heavy (non-hydrogen) atoms. The first-order chi connectivity index (χ1) is 14.1. The maximum Gasteiger partial charge on any atom is 0.317 e. The van der Waals surface area contributed by atoms with Crippen molar-refractivity contribution in [1.82, 2.24) is 14.0 Å². The van der Waals surface area contributed by atoms with Gasteiger partial charge in [0.2, 0.25) is 0 Å². The molecular formula is C23H23N3O3. The van der Waals surface area contributed by atoms with Gasteiger partial charge in [-0.05, 0) is 42.7 Å². The van der Waals surface area contributed by atoms with Gasteiger partial charge in [-0.2, -0.15) is 0 Å². The second-order valence-electron chi connectivity index (χ2n) is 7.28. The van der Waals surface area contributed by atoms with Crippen molar-refractivity contribution in [3.05, 3.63) is 93.0 Å². The van der Waals surface area contributed by atoms with Gasteiger partial charge in [0.05, 0.1) is 17.6 Å². The van der Waals surface area contributed by atoms with E-state index in [0.717, 1.165) is 31.5 Å². The van der Waals surface area contributed by atoms with Gasteiger partial charge in [0.15, 0.2) is 0 Å². The number of fused-ring (bicyclic) bond motifs is 1. The van der Waals surface area contributed by atoms with E-state index in [9.17, 15) is 14.4 Å². The van der Waals surface area contributed by atoms with E-state index >= 15 is 0 Å². The predicted octanol–water partition coefficient (Wildman–Crippen LogP) is 2.63. The summed E-state index contributed by atoms with van der Waals surface area (Å²) in [6.07, 6.45) is 3.71. The Bertz CT molecular complexity index is 1180. The summed E-state index contributed by atoms with van der Waals surface area (Å²) in [6.45, 7) is 5.84. The van der Waals surface area contributed by atoms with Gasteiger partial charge in [-0.25, -0.2) is 0 Å². The average Bonchev–Trinajstić information content (AvgIpc) is 3.29. The van der Waals surface area contributed by atoms with Crippen LogP contribution in [0.5, 0.6) is 0 Å². The summed E-state index contributed by atoms with van der Waals surface area (Å²) in [7, 11) is 0. The third kappa shape index (κ3) is 3.53. The molecular weight excluding hydrogens is 366 g/mol. The number of rotatable bonds is 5. The van der Waals surface area contributed by atoms with Crippen molar-refractivity contribution in [2.45, 2.75) is 25.9 Å². The monoisotopic (exact) mass is 389 g/mol. The van der Waals surface area contributed by atoms with Gasteiger partial charge >= 0.3 is 11.1 Å². The SMILES string of the molecule is C=CCn1c(=O)c(=O)n(Cc2ccc(C(=O)N3CCCC3)cc2)c2ccccc21. The van der Waals surface area contributed by atoms with Crippen molar-refractivity contribution in [1.29, 1.82) is 0 Å². The number of hydrogen-bond acceptors (Lipinski definition) is 3. The van der Waals surface area contributed by atoms with E-state index in [4.69, 9.17) is 0 Å². The first-order valence-electron chi connectivity index (χ1n) is 9.81. The van der Waals surface area contributed by atoms with E-state index in [1.165, 1.54) is 9.13 Å². The zero-order valence-corrected chi connectivity index (χ0v) is 16.2. The lowest BCUT2D eigenvalue weighted by Crippen LogP contribution is -2.41. The Morgan fingerprint density at radius 1 is 0.897 bits per heavy atom. The molecule has 0 aliphatic carbocycles. The number of allylic oxidation sites excluding steroid dienone is 1. The summed E-state index contributed by atoms with van der Waals surface area (Å²) in [4.78, 5) is 39.7. The molecule has 0 atom stereocenters. The summed E-state index contributed by atoms with van der Waals surface area (Å²) in [6, 6.07) is 14.6. The molecule has 0 unspecified atom stereocenters. The van der Waals surface area contributed by atoms with Gasteiger partial charge in [-0.15, -0.1) is 6.58 Å². The molecule has 1 aromatic heterocycles. The van der Waals surface area contributed by atoms with Gasteiger partial charge in [0.1, 0.15) is 0 Å². The molecule has 1 saturated heterocycles. The van der Waals surface area contributed by atoms with Crippen molar-refractivity contribution in [3.63, 3.8) is 0 Å². The van der Waals surface area contributed by atoms with Crippen molar-refractivity contribution in [2.24, 2.45) is 0 Å². The van der Waals surface area contributed by atoms with Crippen LogP contribution in [0.4, 0.5) is 0 Å². The van der Waals surface area contributed by atoms with E-state index < -0.39 is 11.1 Å².